The second-order valence-corrected chi connectivity index (χ2v) is 4.78. The fourth-order valence-electron chi connectivity index (χ4n) is 2.40. The highest BCUT2D eigenvalue weighted by Crippen LogP contribution is 2.17. The van der Waals surface area contributed by atoms with Gasteiger partial charge in [0.1, 0.15) is 17.4 Å². The van der Waals surface area contributed by atoms with E-state index in [0.717, 1.165) is 6.54 Å². The van der Waals surface area contributed by atoms with Gasteiger partial charge in [-0.2, -0.15) is 0 Å². The molecule has 0 aliphatic carbocycles. The predicted octanol–water partition coefficient (Wildman–Crippen LogP) is -0.0239. The number of piperazine rings is 1. The molecule has 2 rings (SSSR count). The minimum Gasteiger partial charge on any atom is -0.467 e. The van der Waals surface area contributed by atoms with E-state index in [4.69, 9.17) is 9.15 Å². The minimum atomic E-state index is -0.395. The molecule has 1 amide bonds. The van der Waals surface area contributed by atoms with Crippen LogP contribution in [0.5, 0.6) is 0 Å². The number of likely N-dealkylation sites (N-methyl/N-ethyl adjacent to an activating group) is 1. The summed E-state index contributed by atoms with van der Waals surface area (Å²) in [7, 11) is 1.62. The summed E-state index contributed by atoms with van der Waals surface area (Å²) in [4.78, 5) is 25.8. The van der Waals surface area contributed by atoms with E-state index >= 15 is 0 Å². The van der Waals surface area contributed by atoms with Crippen LogP contribution >= 0.6 is 0 Å². The van der Waals surface area contributed by atoms with Crippen LogP contribution in [-0.4, -0.2) is 56.1 Å². The molecule has 0 aromatic carbocycles. The zero-order valence-electron chi connectivity index (χ0n) is 12.3. The fraction of sp³-hybridized carbons (Fsp3) is 0.571. The van der Waals surface area contributed by atoms with Crippen LogP contribution in [-0.2, 0) is 16.1 Å². The number of hydrogen-bond donors (Lipinski definition) is 2. The monoisotopic (exact) mass is 295 g/mol. The standard InChI is InChI=1S/C14H21N3O4/c1-3-20-14(19)10-4-7-21-12(10)9-17-6-5-16-8-11(17)13(18)15-2/h4,7,11,16H,3,5-6,8-9H2,1-2H3,(H,15,18). The normalized spacial score (nSPS) is 19.2. The maximum Gasteiger partial charge on any atom is 0.341 e. The van der Waals surface area contributed by atoms with Crippen LogP contribution in [0, 0.1) is 0 Å². The molecule has 1 aliphatic rings. The smallest absolute Gasteiger partial charge is 0.341 e. The Morgan fingerprint density at radius 2 is 2.38 bits per heavy atom. The van der Waals surface area contributed by atoms with E-state index in [0.29, 0.717) is 37.6 Å². The summed E-state index contributed by atoms with van der Waals surface area (Å²) in [6.07, 6.45) is 1.47. The molecule has 0 spiro atoms. The van der Waals surface area contributed by atoms with Crippen LogP contribution < -0.4 is 10.6 Å². The molecule has 1 aromatic rings. The largest absolute Gasteiger partial charge is 0.467 e. The van der Waals surface area contributed by atoms with Crippen molar-refractivity contribution in [3.05, 3.63) is 23.7 Å². The number of esters is 1. The van der Waals surface area contributed by atoms with Crippen LogP contribution in [0.1, 0.15) is 23.0 Å². The summed E-state index contributed by atoms with van der Waals surface area (Å²) in [5.41, 5.74) is 0.422. The van der Waals surface area contributed by atoms with E-state index in [1.165, 1.54) is 6.26 Å². The number of nitrogens with zero attached hydrogens (tertiary/aromatic N) is 1. The Kier molecular flexibility index (Phi) is 5.35. The number of hydrogen-bond acceptors (Lipinski definition) is 6. The van der Waals surface area contributed by atoms with Gasteiger partial charge in [0.25, 0.3) is 0 Å². The second kappa shape index (κ2) is 7.24. The van der Waals surface area contributed by atoms with Crippen molar-refractivity contribution in [2.45, 2.75) is 19.5 Å². The molecule has 1 unspecified atom stereocenters. The van der Waals surface area contributed by atoms with Gasteiger partial charge < -0.3 is 19.8 Å². The third kappa shape index (κ3) is 3.62. The summed E-state index contributed by atoms with van der Waals surface area (Å²) in [5, 5.41) is 5.85. The second-order valence-electron chi connectivity index (χ2n) is 4.78. The fourth-order valence-corrected chi connectivity index (χ4v) is 2.40. The van der Waals surface area contributed by atoms with E-state index in [1.807, 2.05) is 4.90 Å². The summed E-state index contributed by atoms with van der Waals surface area (Å²) < 4.78 is 10.4. The van der Waals surface area contributed by atoms with E-state index < -0.39 is 5.97 Å². The summed E-state index contributed by atoms with van der Waals surface area (Å²) in [6.45, 7) is 4.56. The van der Waals surface area contributed by atoms with Crippen LogP contribution in [0.25, 0.3) is 0 Å². The molecule has 0 bridgehead atoms. The minimum absolute atomic E-state index is 0.0496. The molecule has 1 fully saturated rings. The maximum absolute atomic E-state index is 11.9. The highest BCUT2D eigenvalue weighted by atomic mass is 16.5. The van der Waals surface area contributed by atoms with Crippen molar-refractivity contribution < 1.29 is 18.7 Å². The maximum atomic E-state index is 11.9. The number of carbonyl (C=O) groups excluding carboxylic acids is 2. The average molecular weight is 295 g/mol. The summed E-state index contributed by atoms with van der Waals surface area (Å²) in [5.74, 6) is 0.0866. The lowest BCUT2D eigenvalue weighted by Crippen LogP contribution is -2.56. The van der Waals surface area contributed by atoms with Crippen molar-refractivity contribution in [3.8, 4) is 0 Å². The van der Waals surface area contributed by atoms with E-state index in [2.05, 4.69) is 10.6 Å². The Labute approximate surface area is 123 Å². The van der Waals surface area contributed by atoms with Crippen LogP contribution in [0.4, 0.5) is 0 Å². The lowest BCUT2D eigenvalue weighted by molar-refractivity contribution is -0.126. The topological polar surface area (TPSA) is 83.8 Å². The highest BCUT2D eigenvalue weighted by molar-refractivity contribution is 5.90. The molecule has 2 heterocycles. The molecule has 1 saturated heterocycles. The third-order valence-electron chi connectivity index (χ3n) is 3.49. The first-order valence-electron chi connectivity index (χ1n) is 7.07. The van der Waals surface area contributed by atoms with Crippen molar-refractivity contribution >= 4 is 11.9 Å². The van der Waals surface area contributed by atoms with E-state index in [1.54, 1.807) is 20.0 Å². The van der Waals surface area contributed by atoms with Gasteiger partial charge in [0.2, 0.25) is 5.91 Å². The van der Waals surface area contributed by atoms with Crippen molar-refractivity contribution in [1.82, 2.24) is 15.5 Å². The number of nitrogens with one attached hydrogen (secondary N) is 2. The molecule has 0 saturated carbocycles. The van der Waals surface area contributed by atoms with Gasteiger partial charge in [-0.15, -0.1) is 0 Å². The molecule has 1 aliphatic heterocycles. The Bertz CT molecular complexity index is 500. The number of carbonyl (C=O) groups is 2. The number of furan rings is 1. The lowest BCUT2D eigenvalue weighted by Gasteiger charge is -2.34. The molecule has 2 N–H and O–H groups in total. The van der Waals surface area contributed by atoms with Gasteiger partial charge in [0.15, 0.2) is 0 Å². The first kappa shape index (κ1) is 15.5. The Hall–Kier alpha value is -1.86. The first-order valence-corrected chi connectivity index (χ1v) is 7.07. The summed E-state index contributed by atoms with van der Waals surface area (Å²) in [6, 6.07) is 1.33. The van der Waals surface area contributed by atoms with Crippen LogP contribution in [0.15, 0.2) is 16.7 Å². The zero-order valence-corrected chi connectivity index (χ0v) is 12.3. The van der Waals surface area contributed by atoms with Crippen molar-refractivity contribution in [1.29, 1.82) is 0 Å². The molecule has 116 valence electrons. The SMILES string of the molecule is CCOC(=O)c1ccoc1CN1CCNCC1C(=O)NC. The number of amides is 1. The molecule has 1 atom stereocenters. The Morgan fingerprint density at radius 3 is 3.10 bits per heavy atom. The van der Waals surface area contributed by atoms with Gasteiger partial charge in [-0.25, -0.2) is 4.79 Å². The summed E-state index contributed by atoms with van der Waals surface area (Å²) >= 11 is 0. The van der Waals surface area contributed by atoms with E-state index in [-0.39, 0.29) is 11.9 Å². The lowest BCUT2D eigenvalue weighted by atomic mass is 10.1. The number of ether oxygens (including phenoxy) is 1. The molecule has 0 radical (unpaired) electrons. The van der Waals surface area contributed by atoms with E-state index in [9.17, 15) is 9.59 Å². The van der Waals surface area contributed by atoms with Gasteiger partial charge in [-0.05, 0) is 13.0 Å². The average Bonchev–Trinajstić information content (AvgIpc) is 2.95. The van der Waals surface area contributed by atoms with Crippen LogP contribution in [0.3, 0.4) is 0 Å². The van der Waals surface area contributed by atoms with Gasteiger partial charge in [-0.3, -0.25) is 9.69 Å². The van der Waals surface area contributed by atoms with Crippen molar-refractivity contribution in [2.75, 3.05) is 33.3 Å². The molecule has 1 aromatic heterocycles. The predicted molar refractivity (Wildman–Crippen MR) is 75.8 cm³/mol. The molecular weight excluding hydrogens is 274 g/mol. The molecular formula is C14H21N3O4. The zero-order chi connectivity index (χ0) is 15.2. The first-order chi connectivity index (χ1) is 10.2. The number of rotatable bonds is 5. The van der Waals surface area contributed by atoms with Crippen molar-refractivity contribution in [2.24, 2.45) is 0 Å². The molecule has 7 nitrogen and oxygen atoms in total. The molecule has 7 heteroatoms. The Balaban J connectivity index is 2.11. The molecule has 21 heavy (non-hydrogen) atoms. The van der Waals surface area contributed by atoms with Crippen molar-refractivity contribution in [3.63, 3.8) is 0 Å². The van der Waals surface area contributed by atoms with Gasteiger partial charge in [0.05, 0.1) is 19.4 Å². The Morgan fingerprint density at radius 1 is 1.57 bits per heavy atom. The quantitative estimate of drug-likeness (QED) is 0.743. The van der Waals surface area contributed by atoms with Gasteiger partial charge >= 0.3 is 5.97 Å². The highest BCUT2D eigenvalue weighted by Gasteiger charge is 2.29. The van der Waals surface area contributed by atoms with Gasteiger partial charge in [0, 0.05) is 26.7 Å². The third-order valence-corrected chi connectivity index (χ3v) is 3.49. The van der Waals surface area contributed by atoms with Gasteiger partial charge in [-0.1, -0.05) is 0 Å². The van der Waals surface area contributed by atoms with Crippen LogP contribution in [0.2, 0.25) is 0 Å².